The van der Waals surface area contributed by atoms with Crippen molar-refractivity contribution in [1.82, 2.24) is 5.32 Å². The molecule has 4 aliphatic carbocycles. The number of aliphatic carboxylic acids is 1. The van der Waals surface area contributed by atoms with Crippen LogP contribution in [0, 0.1) is 23.7 Å². The summed E-state index contributed by atoms with van der Waals surface area (Å²) in [6.07, 6.45) is 5.63. The molecule has 0 heterocycles. The molecule has 0 aromatic heterocycles. The number of carbonyl (C=O) groups is 2. The van der Waals surface area contributed by atoms with Crippen molar-refractivity contribution < 1.29 is 28.5 Å². The van der Waals surface area contributed by atoms with Crippen molar-refractivity contribution in [3.8, 4) is 0 Å². The summed E-state index contributed by atoms with van der Waals surface area (Å²) in [4.78, 5) is 24.9. The van der Waals surface area contributed by atoms with Gasteiger partial charge in [-0.3, -0.25) is 9.36 Å². The second kappa shape index (κ2) is 11.2. The largest absolute Gasteiger partial charge is 0.481 e. The van der Waals surface area contributed by atoms with Gasteiger partial charge in [0.25, 0.3) is 0 Å². The summed E-state index contributed by atoms with van der Waals surface area (Å²) in [5, 5.41) is 12.6. The highest BCUT2D eigenvalue weighted by Gasteiger charge is 2.55. The predicted octanol–water partition coefficient (Wildman–Crippen LogP) is 6.47. The molecular formula is C30H38NO6P. The maximum absolute atomic E-state index is 15.0. The molecule has 4 saturated carbocycles. The molecule has 204 valence electrons. The molecule has 38 heavy (non-hydrogen) atoms. The Morgan fingerprint density at radius 1 is 0.947 bits per heavy atom. The van der Waals surface area contributed by atoms with Crippen LogP contribution in [0.5, 0.6) is 0 Å². The number of hydrogen-bond donors (Lipinski definition) is 2. The number of amides is 1. The Morgan fingerprint density at radius 2 is 1.47 bits per heavy atom. The smallest absolute Gasteiger partial charge is 0.408 e. The zero-order valence-corrected chi connectivity index (χ0v) is 22.9. The molecule has 4 bridgehead atoms. The number of alkyl carbamates (subject to hydrolysis) is 1. The van der Waals surface area contributed by atoms with E-state index in [4.69, 9.17) is 9.26 Å². The van der Waals surface area contributed by atoms with Crippen LogP contribution >= 0.6 is 7.37 Å². The summed E-state index contributed by atoms with van der Waals surface area (Å²) in [5.74, 6) is -1.09. The van der Waals surface area contributed by atoms with Crippen molar-refractivity contribution in [2.75, 3.05) is 6.16 Å². The number of carboxylic acids is 1. The fourth-order valence-electron chi connectivity index (χ4n) is 7.19. The molecule has 6 rings (SSSR count). The Kier molecular flexibility index (Phi) is 7.97. The fraction of sp³-hybridized carbons (Fsp3) is 0.533. The highest BCUT2D eigenvalue weighted by atomic mass is 31.2. The van der Waals surface area contributed by atoms with Crippen LogP contribution in [0.4, 0.5) is 4.79 Å². The summed E-state index contributed by atoms with van der Waals surface area (Å²) >= 11 is 0. The third-order valence-corrected chi connectivity index (χ3v) is 11.5. The third-order valence-electron chi connectivity index (χ3n) is 8.52. The average molecular weight is 540 g/mol. The van der Waals surface area contributed by atoms with Gasteiger partial charge in [-0.1, -0.05) is 67.6 Å². The Labute approximate surface area is 224 Å². The lowest BCUT2D eigenvalue weighted by Crippen LogP contribution is -2.52. The van der Waals surface area contributed by atoms with Crippen molar-refractivity contribution in [3.63, 3.8) is 0 Å². The lowest BCUT2D eigenvalue weighted by molar-refractivity contribution is -0.140. The minimum absolute atomic E-state index is 0.0798. The molecular weight excluding hydrogens is 501 g/mol. The fourth-order valence-corrected chi connectivity index (χ4v) is 10.2. The van der Waals surface area contributed by atoms with E-state index in [2.05, 4.69) is 5.32 Å². The van der Waals surface area contributed by atoms with Gasteiger partial charge in [-0.25, -0.2) is 4.79 Å². The van der Waals surface area contributed by atoms with Crippen LogP contribution in [-0.2, 0) is 31.6 Å². The molecule has 1 amide bonds. The monoisotopic (exact) mass is 539 g/mol. The van der Waals surface area contributed by atoms with E-state index in [-0.39, 0.29) is 19.2 Å². The number of rotatable bonds is 11. The molecule has 3 atom stereocenters. The molecule has 0 saturated heterocycles. The molecule has 4 aliphatic rings. The van der Waals surface area contributed by atoms with Crippen LogP contribution in [0.25, 0.3) is 0 Å². The van der Waals surface area contributed by atoms with E-state index >= 15 is 0 Å². The van der Waals surface area contributed by atoms with Gasteiger partial charge in [0.2, 0.25) is 7.37 Å². The minimum atomic E-state index is -3.70. The minimum Gasteiger partial charge on any atom is -0.481 e. The van der Waals surface area contributed by atoms with Crippen LogP contribution in [-0.4, -0.2) is 34.7 Å². The quantitative estimate of drug-likeness (QED) is 0.318. The highest BCUT2D eigenvalue weighted by molar-refractivity contribution is 7.59. The Bertz CT molecular complexity index is 1130. The summed E-state index contributed by atoms with van der Waals surface area (Å²) in [6.45, 7) is 1.64. The first-order valence-corrected chi connectivity index (χ1v) is 15.6. The van der Waals surface area contributed by atoms with Crippen molar-refractivity contribution in [1.29, 1.82) is 0 Å². The standard InChI is InChI=1S/C30H38NO6P/c1-21(28(32)33)20-38(35,37-30-16-24-12-25(17-30)14-26(13-24)18-30)27(15-22-8-4-2-5-9-22)31-29(34)36-19-23-10-6-3-7-11-23/h2-11,21,24-27H,12-20H2,1H3,(H,31,34)(H,32,33). The molecule has 3 unspecified atom stereocenters. The molecule has 2 aromatic carbocycles. The Balaban J connectivity index is 1.42. The van der Waals surface area contributed by atoms with E-state index < -0.39 is 36.7 Å². The van der Waals surface area contributed by atoms with Crippen LogP contribution in [0.3, 0.4) is 0 Å². The average Bonchev–Trinajstić information content (AvgIpc) is 2.87. The second-order valence-electron chi connectivity index (χ2n) is 11.8. The van der Waals surface area contributed by atoms with E-state index in [1.54, 1.807) is 6.92 Å². The van der Waals surface area contributed by atoms with Crippen LogP contribution in [0.2, 0.25) is 0 Å². The summed E-state index contributed by atoms with van der Waals surface area (Å²) in [7, 11) is -3.70. The number of carboxylic acid groups (broad SMARTS) is 1. The zero-order chi connectivity index (χ0) is 26.8. The SMILES string of the molecule is CC(CP(=O)(OC12CC3CC(CC(C3)C1)C2)C(Cc1ccccc1)NC(=O)OCc1ccccc1)C(=O)O. The lowest BCUT2D eigenvalue weighted by atomic mass is 9.54. The number of nitrogens with one attached hydrogen (secondary N) is 1. The van der Waals surface area contributed by atoms with Gasteiger partial charge in [-0.05, 0) is 67.4 Å². The van der Waals surface area contributed by atoms with Crippen LogP contribution in [0.1, 0.15) is 56.6 Å². The molecule has 2 N–H and O–H groups in total. The summed E-state index contributed by atoms with van der Waals surface area (Å²) in [5.41, 5.74) is 1.22. The van der Waals surface area contributed by atoms with Gasteiger partial charge in [0.1, 0.15) is 12.4 Å². The van der Waals surface area contributed by atoms with Crippen molar-refractivity contribution in [2.45, 2.75) is 69.9 Å². The number of hydrogen-bond acceptors (Lipinski definition) is 5. The second-order valence-corrected chi connectivity index (χ2v) is 14.4. The van der Waals surface area contributed by atoms with Gasteiger partial charge >= 0.3 is 12.1 Å². The van der Waals surface area contributed by atoms with E-state index in [0.29, 0.717) is 17.8 Å². The van der Waals surface area contributed by atoms with Gasteiger partial charge in [0.05, 0.1) is 11.5 Å². The maximum Gasteiger partial charge on any atom is 0.408 e. The summed E-state index contributed by atoms with van der Waals surface area (Å²) in [6, 6.07) is 18.9. The first-order chi connectivity index (χ1) is 18.2. The molecule has 0 spiro atoms. The van der Waals surface area contributed by atoms with E-state index in [0.717, 1.165) is 30.4 Å². The topological polar surface area (TPSA) is 102 Å². The van der Waals surface area contributed by atoms with Gasteiger partial charge in [-0.15, -0.1) is 0 Å². The normalized spacial score (nSPS) is 28.7. The van der Waals surface area contributed by atoms with E-state index in [9.17, 15) is 19.3 Å². The highest BCUT2D eigenvalue weighted by Crippen LogP contribution is 2.65. The Hall–Kier alpha value is -2.63. The van der Waals surface area contributed by atoms with Gasteiger partial charge in [-0.2, -0.15) is 0 Å². The molecule has 8 heteroatoms. The van der Waals surface area contributed by atoms with Gasteiger partial charge < -0.3 is 19.7 Å². The van der Waals surface area contributed by atoms with E-state index in [1.165, 1.54) is 19.3 Å². The first kappa shape index (κ1) is 27.0. The summed E-state index contributed by atoms with van der Waals surface area (Å²) < 4.78 is 27.2. The third kappa shape index (κ3) is 6.32. The first-order valence-electron chi connectivity index (χ1n) is 13.8. The van der Waals surface area contributed by atoms with Gasteiger partial charge in [0.15, 0.2) is 0 Å². The van der Waals surface area contributed by atoms with Crippen molar-refractivity contribution >= 4 is 19.4 Å². The molecule has 2 aromatic rings. The zero-order valence-electron chi connectivity index (χ0n) is 22.0. The van der Waals surface area contributed by atoms with Gasteiger partial charge in [0, 0.05) is 12.6 Å². The molecule has 4 fully saturated rings. The molecule has 7 nitrogen and oxygen atoms in total. The predicted molar refractivity (Wildman–Crippen MR) is 145 cm³/mol. The number of benzene rings is 2. The Morgan fingerprint density at radius 3 is 2.00 bits per heavy atom. The maximum atomic E-state index is 15.0. The van der Waals surface area contributed by atoms with Crippen molar-refractivity contribution in [3.05, 3.63) is 71.8 Å². The lowest BCUT2D eigenvalue weighted by Gasteiger charge is -2.57. The van der Waals surface area contributed by atoms with E-state index in [1.807, 2.05) is 60.7 Å². The molecule has 0 radical (unpaired) electrons. The van der Waals surface area contributed by atoms with Crippen LogP contribution in [0.15, 0.2) is 60.7 Å². The van der Waals surface area contributed by atoms with Crippen molar-refractivity contribution in [2.24, 2.45) is 23.7 Å². The molecule has 0 aliphatic heterocycles. The number of ether oxygens (including phenoxy) is 1. The number of carbonyl (C=O) groups excluding carboxylic acids is 1. The van der Waals surface area contributed by atoms with Crippen LogP contribution < -0.4 is 5.32 Å².